The zero-order valence-corrected chi connectivity index (χ0v) is 16.3. The van der Waals surface area contributed by atoms with E-state index < -0.39 is 0 Å². The lowest BCUT2D eigenvalue weighted by Gasteiger charge is -2.32. The SMILES string of the molecule is COCC1CCCN(c2nncc(-c3cc(OC)c(OC)c(OC)c3)n2)C1. The summed E-state index contributed by atoms with van der Waals surface area (Å²) in [5, 5.41) is 8.40. The Labute approximate surface area is 159 Å². The second kappa shape index (κ2) is 8.85. The van der Waals surface area contributed by atoms with Crippen molar-refractivity contribution in [2.24, 2.45) is 5.92 Å². The number of ether oxygens (including phenoxy) is 4. The summed E-state index contributed by atoms with van der Waals surface area (Å²) in [7, 11) is 6.50. The number of benzene rings is 1. The van der Waals surface area contributed by atoms with Gasteiger partial charge < -0.3 is 23.8 Å². The van der Waals surface area contributed by atoms with E-state index in [0.717, 1.165) is 38.1 Å². The van der Waals surface area contributed by atoms with Gasteiger partial charge in [-0.2, -0.15) is 5.10 Å². The summed E-state index contributed by atoms with van der Waals surface area (Å²) in [6.07, 6.45) is 3.89. The van der Waals surface area contributed by atoms with Crippen LogP contribution in [0.25, 0.3) is 11.3 Å². The molecule has 0 saturated carbocycles. The maximum absolute atomic E-state index is 5.44. The van der Waals surface area contributed by atoms with E-state index in [2.05, 4.69) is 15.1 Å². The van der Waals surface area contributed by atoms with E-state index in [1.54, 1.807) is 34.6 Å². The molecule has 0 N–H and O–H groups in total. The normalized spacial score (nSPS) is 16.9. The van der Waals surface area contributed by atoms with Crippen LogP contribution >= 0.6 is 0 Å². The van der Waals surface area contributed by atoms with Gasteiger partial charge in [-0.1, -0.05) is 0 Å². The second-order valence-electron chi connectivity index (χ2n) is 6.47. The lowest BCUT2D eigenvalue weighted by Crippen LogP contribution is -2.38. The molecule has 0 radical (unpaired) electrons. The molecule has 2 aromatic rings. The van der Waals surface area contributed by atoms with Crippen molar-refractivity contribution in [1.82, 2.24) is 15.2 Å². The van der Waals surface area contributed by atoms with Gasteiger partial charge in [-0.25, -0.2) is 4.98 Å². The number of nitrogens with zero attached hydrogens (tertiary/aromatic N) is 4. The second-order valence-corrected chi connectivity index (χ2v) is 6.47. The molecule has 3 rings (SSSR count). The Morgan fingerprint density at radius 3 is 2.44 bits per heavy atom. The van der Waals surface area contributed by atoms with E-state index in [9.17, 15) is 0 Å². The van der Waals surface area contributed by atoms with Crippen LogP contribution in [0.4, 0.5) is 5.95 Å². The fraction of sp³-hybridized carbons (Fsp3) is 0.526. The van der Waals surface area contributed by atoms with Crippen LogP contribution in [0.5, 0.6) is 17.2 Å². The number of rotatable bonds is 7. The maximum Gasteiger partial charge on any atom is 0.245 e. The van der Waals surface area contributed by atoms with Gasteiger partial charge >= 0.3 is 0 Å². The van der Waals surface area contributed by atoms with Crippen LogP contribution in [-0.4, -0.2) is 63.3 Å². The molecule has 0 amide bonds. The third kappa shape index (κ3) is 4.21. The Morgan fingerprint density at radius 1 is 1.07 bits per heavy atom. The quantitative estimate of drug-likeness (QED) is 0.731. The van der Waals surface area contributed by atoms with Crippen LogP contribution in [-0.2, 0) is 4.74 Å². The van der Waals surface area contributed by atoms with Crippen LogP contribution < -0.4 is 19.1 Å². The van der Waals surface area contributed by atoms with Crippen molar-refractivity contribution < 1.29 is 18.9 Å². The molecule has 1 aliphatic heterocycles. The van der Waals surface area contributed by atoms with Gasteiger partial charge in [0.1, 0.15) is 0 Å². The van der Waals surface area contributed by atoms with Gasteiger partial charge in [-0.05, 0) is 30.9 Å². The molecular weight excluding hydrogens is 348 g/mol. The van der Waals surface area contributed by atoms with E-state index in [4.69, 9.17) is 23.9 Å². The summed E-state index contributed by atoms with van der Waals surface area (Å²) in [5.74, 6) is 2.80. The first-order valence-corrected chi connectivity index (χ1v) is 8.94. The average molecular weight is 374 g/mol. The van der Waals surface area contributed by atoms with E-state index in [-0.39, 0.29) is 0 Å². The molecule has 0 bridgehead atoms. The minimum absolute atomic E-state index is 0.484. The highest BCUT2D eigenvalue weighted by molar-refractivity contribution is 5.68. The van der Waals surface area contributed by atoms with E-state index in [1.165, 1.54) is 0 Å². The van der Waals surface area contributed by atoms with Crippen molar-refractivity contribution in [1.29, 1.82) is 0 Å². The number of hydrogen-bond donors (Lipinski definition) is 0. The summed E-state index contributed by atoms with van der Waals surface area (Å²) in [5.41, 5.74) is 1.53. The number of aromatic nitrogens is 3. The van der Waals surface area contributed by atoms with E-state index in [0.29, 0.717) is 34.8 Å². The summed E-state index contributed by atoms with van der Waals surface area (Å²) in [4.78, 5) is 6.90. The summed E-state index contributed by atoms with van der Waals surface area (Å²) >= 11 is 0. The molecule has 1 aliphatic rings. The minimum atomic E-state index is 0.484. The van der Waals surface area contributed by atoms with Crippen molar-refractivity contribution in [3.05, 3.63) is 18.3 Å². The zero-order chi connectivity index (χ0) is 19.2. The van der Waals surface area contributed by atoms with Crippen molar-refractivity contribution in [2.75, 3.05) is 53.0 Å². The summed E-state index contributed by atoms with van der Waals surface area (Å²) < 4.78 is 21.6. The van der Waals surface area contributed by atoms with Gasteiger partial charge in [-0.3, -0.25) is 0 Å². The van der Waals surface area contributed by atoms with Gasteiger partial charge in [0.25, 0.3) is 0 Å². The predicted molar refractivity (Wildman–Crippen MR) is 102 cm³/mol. The number of methoxy groups -OCH3 is 4. The number of anilines is 1. The molecule has 2 heterocycles. The maximum atomic E-state index is 5.44. The van der Waals surface area contributed by atoms with Gasteiger partial charge in [-0.15, -0.1) is 5.10 Å². The van der Waals surface area contributed by atoms with Gasteiger partial charge in [0.15, 0.2) is 11.5 Å². The van der Waals surface area contributed by atoms with Crippen LogP contribution in [0.15, 0.2) is 18.3 Å². The molecule has 8 heteroatoms. The molecule has 0 aliphatic carbocycles. The largest absolute Gasteiger partial charge is 0.493 e. The minimum Gasteiger partial charge on any atom is -0.493 e. The summed E-state index contributed by atoms with van der Waals surface area (Å²) in [6, 6.07) is 3.72. The van der Waals surface area contributed by atoms with E-state index >= 15 is 0 Å². The molecular formula is C19H26N4O4. The number of hydrogen-bond acceptors (Lipinski definition) is 8. The Morgan fingerprint density at radius 2 is 1.81 bits per heavy atom. The highest BCUT2D eigenvalue weighted by atomic mass is 16.5. The standard InChI is InChI=1S/C19H26N4O4/c1-24-12-13-6-5-7-23(11-13)19-21-15(10-20-22-19)14-8-16(25-2)18(27-4)17(9-14)26-3/h8-10,13H,5-7,11-12H2,1-4H3. The molecule has 27 heavy (non-hydrogen) atoms. The fourth-order valence-corrected chi connectivity index (χ4v) is 3.41. The average Bonchev–Trinajstić information content (AvgIpc) is 2.73. The van der Waals surface area contributed by atoms with Gasteiger partial charge in [0.2, 0.25) is 11.7 Å². The first-order valence-electron chi connectivity index (χ1n) is 8.94. The lowest BCUT2D eigenvalue weighted by atomic mass is 9.99. The summed E-state index contributed by atoms with van der Waals surface area (Å²) in [6.45, 7) is 2.53. The Bertz CT molecular complexity index is 744. The molecule has 0 spiro atoms. The van der Waals surface area contributed by atoms with Crippen LogP contribution in [0.2, 0.25) is 0 Å². The molecule has 146 valence electrons. The molecule has 1 unspecified atom stereocenters. The highest BCUT2D eigenvalue weighted by Gasteiger charge is 2.23. The first kappa shape index (κ1) is 19.2. The van der Waals surface area contributed by atoms with Crippen LogP contribution in [0.1, 0.15) is 12.8 Å². The monoisotopic (exact) mass is 374 g/mol. The molecule has 1 fully saturated rings. The number of piperidine rings is 1. The molecule has 1 aromatic heterocycles. The topological polar surface area (TPSA) is 78.8 Å². The van der Waals surface area contributed by atoms with Crippen LogP contribution in [0, 0.1) is 5.92 Å². The van der Waals surface area contributed by atoms with E-state index in [1.807, 2.05) is 12.1 Å². The van der Waals surface area contributed by atoms with Crippen molar-refractivity contribution >= 4 is 5.95 Å². The lowest BCUT2D eigenvalue weighted by molar-refractivity contribution is 0.143. The third-order valence-corrected chi connectivity index (χ3v) is 4.71. The third-order valence-electron chi connectivity index (χ3n) is 4.71. The smallest absolute Gasteiger partial charge is 0.245 e. The Kier molecular flexibility index (Phi) is 6.28. The molecule has 8 nitrogen and oxygen atoms in total. The van der Waals surface area contributed by atoms with Gasteiger partial charge in [0.05, 0.1) is 39.8 Å². The Hall–Kier alpha value is -2.61. The van der Waals surface area contributed by atoms with Crippen molar-refractivity contribution in [3.63, 3.8) is 0 Å². The van der Waals surface area contributed by atoms with Gasteiger partial charge in [0, 0.05) is 25.8 Å². The molecule has 1 aromatic carbocycles. The Balaban J connectivity index is 1.91. The predicted octanol–water partition coefficient (Wildman–Crippen LogP) is 2.43. The zero-order valence-electron chi connectivity index (χ0n) is 16.3. The fourth-order valence-electron chi connectivity index (χ4n) is 3.41. The molecule has 1 atom stereocenters. The van der Waals surface area contributed by atoms with Crippen LogP contribution in [0.3, 0.4) is 0 Å². The highest BCUT2D eigenvalue weighted by Crippen LogP contribution is 2.40. The van der Waals surface area contributed by atoms with Crippen molar-refractivity contribution in [2.45, 2.75) is 12.8 Å². The first-order chi connectivity index (χ1) is 13.2. The molecule has 1 saturated heterocycles. The van der Waals surface area contributed by atoms with Crippen molar-refractivity contribution in [3.8, 4) is 28.5 Å².